The van der Waals surface area contributed by atoms with Crippen LogP contribution >= 0.6 is 0 Å². The van der Waals surface area contributed by atoms with E-state index >= 15 is 0 Å². The minimum atomic E-state index is -0.859. The van der Waals surface area contributed by atoms with Gasteiger partial charge in [0.1, 0.15) is 0 Å². The standard InChI is InChI=1S/C12H21NO3.C2H6/c1-12(2,15)9-13-11(14)4-3-10-5-7-16-8-6-10;1-2/h3-4,10,15H,5-9H2,1-2H3,(H,13,14);1-2H3/b4-3+;. The van der Waals surface area contributed by atoms with Gasteiger partial charge in [0.05, 0.1) is 5.60 Å². The molecule has 1 saturated heterocycles. The fourth-order valence-corrected chi connectivity index (χ4v) is 1.49. The number of carbonyl (C=O) groups excluding carboxylic acids is 1. The summed E-state index contributed by atoms with van der Waals surface area (Å²) >= 11 is 0. The second kappa shape index (κ2) is 9.11. The summed E-state index contributed by atoms with van der Waals surface area (Å²) in [4.78, 5) is 11.4. The first kappa shape index (κ1) is 17.1. The van der Waals surface area contributed by atoms with Gasteiger partial charge in [-0.3, -0.25) is 4.79 Å². The van der Waals surface area contributed by atoms with Crippen molar-refractivity contribution in [2.75, 3.05) is 19.8 Å². The molecule has 1 amide bonds. The summed E-state index contributed by atoms with van der Waals surface area (Å²) in [5.74, 6) is 0.301. The molecular formula is C14H27NO3. The Labute approximate surface area is 110 Å². The van der Waals surface area contributed by atoms with Crippen LogP contribution in [0.25, 0.3) is 0 Å². The van der Waals surface area contributed by atoms with E-state index < -0.39 is 5.60 Å². The van der Waals surface area contributed by atoms with Crippen molar-refractivity contribution >= 4 is 5.91 Å². The van der Waals surface area contributed by atoms with Gasteiger partial charge in [-0.25, -0.2) is 0 Å². The molecule has 18 heavy (non-hydrogen) atoms. The van der Waals surface area contributed by atoms with E-state index in [9.17, 15) is 9.90 Å². The molecule has 0 aromatic rings. The molecule has 0 atom stereocenters. The number of hydrogen-bond acceptors (Lipinski definition) is 3. The fraction of sp³-hybridized carbons (Fsp3) is 0.786. The quantitative estimate of drug-likeness (QED) is 0.756. The molecule has 106 valence electrons. The van der Waals surface area contributed by atoms with Crippen molar-refractivity contribution < 1.29 is 14.6 Å². The summed E-state index contributed by atoms with van der Waals surface area (Å²) in [5.41, 5.74) is -0.859. The molecule has 0 spiro atoms. The van der Waals surface area contributed by atoms with E-state index in [1.165, 1.54) is 0 Å². The van der Waals surface area contributed by atoms with Crippen LogP contribution in [0.5, 0.6) is 0 Å². The van der Waals surface area contributed by atoms with Gasteiger partial charge in [0.2, 0.25) is 5.91 Å². The third-order valence-corrected chi connectivity index (χ3v) is 2.48. The first-order chi connectivity index (χ1) is 8.47. The Hall–Kier alpha value is -0.870. The SMILES string of the molecule is CC.CC(C)(O)CNC(=O)/C=C/C1CCOCC1. The van der Waals surface area contributed by atoms with Gasteiger partial charge in [-0.1, -0.05) is 19.9 Å². The minimum absolute atomic E-state index is 0.145. The highest BCUT2D eigenvalue weighted by Gasteiger charge is 2.13. The van der Waals surface area contributed by atoms with Gasteiger partial charge in [-0.15, -0.1) is 0 Å². The van der Waals surface area contributed by atoms with Crippen molar-refractivity contribution in [1.29, 1.82) is 0 Å². The molecule has 0 saturated carbocycles. The van der Waals surface area contributed by atoms with Gasteiger partial charge in [0, 0.05) is 19.8 Å². The lowest BCUT2D eigenvalue weighted by Gasteiger charge is -2.19. The molecule has 0 radical (unpaired) electrons. The van der Waals surface area contributed by atoms with Gasteiger partial charge < -0.3 is 15.2 Å². The normalized spacial score (nSPS) is 17.2. The number of rotatable bonds is 4. The van der Waals surface area contributed by atoms with E-state index in [1.807, 2.05) is 19.9 Å². The van der Waals surface area contributed by atoms with E-state index in [0.29, 0.717) is 5.92 Å². The average molecular weight is 257 g/mol. The third-order valence-electron chi connectivity index (χ3n) is 2.48. The minimum Gasteiger partial charge on any atom is -0.389 e. The van der Waals surface area contributed by atoms with E-state index in [1.54, 1.807) is 19.9 Å². The summed E-state index contributed by atoms with van der Waals surface area (Å²) in [6, 6.07) is 0. The number of ether oxygens (including phenoxy) is 1. The molecule has 4 nitrogen and oxygen atoms in total. The summed E-state index contributed by atoms with van der Waals surface area (Å²) in [7, 11) is 0. The van der Waals surface area contributed by atoms with Crippen LogP contribution in [0, 0.1) is 5.92 Å². The van der Waals surface area contributed by atoms with E-state index in [0.717, 1.165) is 26.1 Å². The lowest BCUT2D eigenvalue weighted by molar-refractivity contribution is -0.117. The van der Waals surface area contributed by atoms with E-state index in [-0.39, 0.29) is 12.5 Å². The van der Waals surface area contributed by atoms with Crippen LogP contribution in [0.2, 0.25) is 0 Å². The van der Waals surface area contributed by atoms with Crippen LogP contribution in [0.3, 0.4) is 0 Å². The van der Waals surface area contributed by atoms with Crippen LogP contribution in [-0.2, 0) is 9.53 Å². The molecule has 1 aliphatic heterocycles. The molecule has 0 aromatic heterocycles. The zero-order valence-electron chi connectivity index (χ0n) is 12.0. The highest BCUT2D eigenvalue weighted by atomic mass is 16.5. The Bertz CT molecular complexity index is 250. The molecule has 1 fully saturated rings. The Morgan fingerprint density at radius 2 is 1.94 bits per heavy atom. The zero-order valence-corrected chi connectivity index (χ0v) is 12.0. The second-order valence-electron chi connectivity index (χ2n) is 4.84. The predicted molar refractivity (Wildman–Crippen MR) is 73.3 cm³/mol. The maximum absolute atomic E-state index is 11.4. The Morgan fingerprint density at radius 3 is 2.44 bits per heavy atom. The second-order valence-corrected chi connectivity index (χ2v) is 4.84. The molecule has 4 heteroatoms. The average Bonchev–Trinajstić information content (AvgIpc) is 2.37. The molecule has 1 aliphatic rings. The number of aliphatic hydroxyl groups is 1. The molecule has 0 aromatic carbocycles. The summed E-state index contributed by atoms with van der Waals surface area (Å²) in [5, 5.41) is 12.1. The van der Waals surface area contributed by atoms with Crippen molar-refractivity contribution in [3.63, 3.8) is 0 Å². The van der Waals surface area contributed by atoms with Gasteiger partial charge in [-0.2, -0.15) is 0 Å². The number of hydrogen-bond donors (Lipinski definition) is 2. The molecule has 1 rings (SSSR count). The van der Waals surface area contributed by atoms with Crippen LogP contribution in [0.15, 0.2) is 12.2 Å². The van der Waals surface area contributed by atoms with Gasteiger partial charge >= 0.3 is 0 Å². The first-order valence-corrected chi connectivity index (χ1v) is 6.73. The lowest BCUT2D eigenvalue weighted by Crippen LogP contribution is -2.37. The van der Waals surface area contributed by atoms with Gasteiger partial charge in [0.25, 0.3) is 0 Å². The summed E-state index contributed by atoms with van der Waals surface area (Å²) < 4.78 is 5.23. The van der Waals surface area contributed by atoms with Crippen molar-refractivity contribution in [3.05, 3.63) is 12.2 Å². The highest BCUT2D eigenvalue weighted by Crippen LogP contribution is 2.15. The van der Waals surface area contributed by atoms with Crippen molar-refractivity contribution in [2.45, 2.75) is 46.1 Å². The lowest BCUT2D eigenvalue weighted by atomic mass is 10.00. The van der Waals surface area contributed by atoms with Gasteiger partial charge in [0.15, 0.2) is 0 Å². The third kappa shape index (κ3) is 9.19. The van der Waals surface area contributed by atoms with Crippen molar-refractivity contribution in [2.24, 2.45) is 5.92 Å². The van der Waals surface area contributed by atoms with E-state index in [4.69, 9.17) is 4.74 Å². The maximum atomic E-state index is 11.4. The highest BCUT2D eigenvalue weighted by molar-refractivity contribution is 5.87. The monoisotopic (exact) mass is 257 g/mol. The summed E-state index contributed by atoms with van der Waals surface area (Å²) in [6.45, 7) is 9.15. The van der Waals surface area contributed by atoms with Crippen molar-refractivity contribution in [1.82, 2.24) is 5.32 Å². The summed E-state index contributed by atoms with van der Waals surface area (Å²) in [6.07, 6.45) is 5.45. The van der Waals surface area contributed by atoms with Gasteiger partial charge in [-0.05, 0) is 38.7 Å². The van der Waals surface area contributed by atoms with E-state index in [2.05, 4.69) is 5.32 Å². The maximum Gasteiger partial charge on any atom is 0.243 e. The smallest absolute Gasteiger partial charge is 0.243 e. The molecule has 0 bridgehead atoms. The number of nitrogens with one attached hydrogen (secondary N) is 1. The number of carbonyl (C=O) groups is 1. The molecule has 0 unspecified atom stereocenters. The fourth-order valence-electron chi connectivity index (χ4n) is 1.49. The first-order valence-electron chi connectivity index (χ1n) is 6.73. The van der Waals surface area contributed by atoms with Crippen LogP contribution in [0.4, 0.5) is 0 Å². The van der Waals surface area contributed by atoms with Crippen LogP contribution < -0.4 is 5.32 Å². The zero-order chi connectivity index (χ0) is 14.0. The molecule has 0 aliphatic carbocycles. The molecule has 2 N–H and O–H groups in total. The largest absolute Gasteiger partial charge is 0.389 e. The van der Waals surface area contributed by atoms with Crippen LogP contribution in [-0.4, -0.2) is 36.4 Å². The predicted octanol–water partition coefficient (Wildman–Crippen LogP) is 1.88. The van der Waals surface area contributed by atoms with Crippen molar-refractivity contribution in [3.8, 4) is 0 Å². The Balaban J connectivity index is 0.00000137. The Kier molecular flexibility index (Phi) is 8.67. The number of amides is 1. The van der Waals surface area contributed by atoms with Crippen LogP contribution in [0.1, 0.15) is 40.5 Å². The Morgan fingerprint density at radius 1 is 1.39 bits per heavy atom. The molecule has 1 heterocycles. The molecular weight excluding hydrogens is 230 g/mol. The number of allylic oxidation sites excluding steroid dienone is 1. The topological polar surface area (TPSA) is 58.6 Å².